The van der Waals surface area contributed by atoms with Crippen LogP contribution in [-0.2, 0) is 0 Å². The van der Waals surface area contributed by atoms with Crippen LogP contribution in [0.4, 0.5) is 11.5 Å². The number of amides is 1. The Bertz CT molecular complexity index is 878. The molecular weight excluding hydrogens is 302 g/mol. The second-order valence-electron chi connectivity index (χ2n) is 6.75. The molecule has 124 valence electrons. The highest BCUT2D eigenvalue weighted by Gasteiger charge is 2.20. The van der Waals surface area contributed by atoms with Gasteiger partial charge in [-0.05, 0) is 39.8 Å². The van der Waals surface area contributed by atoms with E-state index in [0.717, 1.165) is 11.4 Å². The van der Waals surface area contributed by atoms with Crippen LogP contribution in [0.3, 0.4) is 0 Å². The summed E-state index contributed by atoms with van der Waals surface area (Å²) in [6.45, 7) is 7.71. The van der Waals surface area contributed by atoms with E-state index >= 15 is 0 Å². The summed E-state index contributed by atoms with van der Waals surface area (Å²) < 4.78 is 0. The third kappa shape index (κ3) is 3.37. The van der Waals surface area contributed by atoms with Crippen LogP contribution in [0.1, 0.15) is 36.8 Å². The highest BCUT2D eigenvalue weighted by Crippen LogP contribution is 2.22. The van der Waals surface area contributed by atoms with Gasteiger partial charge in [-0.2, -0.15) is 0 Å². The Kier molecular flexibility index (Phi) is 3.97. The van der Waals surface area contributed by atoms with Crippen molar-refractivity contribution >= 4 is 28.6 Å². The van der Waals surface area contributed by atoms with Gasteiger partial charge < -0.3 is 15.6 Å². The fourth-order valence-electron chi connectivity index (χ4n) is 2.37. The number of H-pyrrole nitrogens is 1. The number of carbonyl (C=O) groups excluding carboxylic acids is 1. The molecule has 0 saturated heterocycles. The largest absolute Gasteiger partial charge is 0.347 e. The van der Waals surface area contributed by atoms with Gasteiger partial charge in [-0.25, -0.2) is 9.97 Å². The molecule has 6 nitrogen and oxygen atoms in total. The molecule has 0 aliphatic carbocycles. The zero-order valence-corrected chi connectivity index (χ0v) is 14.3. The lowest BCUT2D eigenvalue weighted by atomic mass is 10.1. The SMILES string of the molecule is Cc1nc2[nH]cc(C(=O)NC(C)(C)C)c2nc1Nc1ccccc1. The summed E-state index contributed by atoms with van der Waals surface area (Å²) in [6, 6.07) is 9.75. The van der Waals surface area contributed by atoms with Crippen LogP contribution in [0.15, 0.2) is 36.5 Å². The van der Waals surface area contributed by atoms with Crippen LogP contribution >= 0.6 is 0 Å². The van der Waals surface area contributed by atoms with Crippen molar-refractivity contribution in [3.63, 3.8) is 0 Å². The minimum atomic E-state index is -0.316. The van der Waals surface area contributed by atoms with Gasteiger partial charge >= 0.3 is 0 Å². The lowest BCUT2D eigenvalue weighted by Crippen LogP contribution is -2.40. The van der Waals surface area contributed by atoms with Gasteiger partial charge in [-0.3, -0.25) is 4.79 Å². The molecular formula is C18H21N5O. The maximum atomic E-state index is 12.5. The normalized spacial score (nSPS) is 11.5. The molecule has 0 unspecified atom stereocenters. The number of aryl methyl sites for hydroxylation is 1. The molecule has 0 radical (unpaired) electrons. The summed E-state index contributed by atoms with van der Waals surface area (Å²) in [5.74, 6) is 0.468. The highest BCUT2D eigenvalue weighted by molar-refractivity contribution is 6.05. The number of hydrogen-bond donors (Lipinski definition) is 3. The molecule has 1 amide bonds. The molecule has 2 heterocycles. The number of carbonyl (C=O) groups is 1. The Morgan fingerprint density at radius 1 is 1.12 bits per heavy atom. The second-order valence-corrected chi connectivity index (χ2v) is 6.75. The van der Waals surface area contributed by atoms with Gasteiger partial charge in [0.2, 0.25) is 0 Å². The summed E-state index contributed by atoms with van der Waals surface area (Å²) in [5.41, 5.74) is 3.01. The molecule has 0 aliphatic rings. The number of para-hydroxylation sites is 1. The zero-order chi connectivity index (χ0) is 17.3. The van der Waals surface area contributed by atoms with Gasteiger partial charge in [0.15, 0.2) is 11.5 Å². The average Bonchev–Trinajstić information content (AvgIpc) is 2.90. The number of rotatable bonds is 3. The number of benzene rings is 1. The molecule has 3 aromatic rings. The molecule has 0 atom stereocenters. The van der Waals surface area contributed by atoms with Crippen molar-refractivity contribution < 1.29 is 4.79 Å². The smallest absolute Gasteiger partial charge is 0.255 e. The third-order valence-electron chi connectivity index (χ3n) is 3.45. The maximum absolute atomic E-state index is 12.5. The molecule has 2 aromatic heterocycles. The number of aromatic amines is 1. The van der Waals surface area contributed by atoms with Crippen molar-refractivity contribution in [2.45, 2.75) is 33.2 Å². The van der Waals surface area contributed by atoms with E-state index < -0.39 is 0 Å². The molecule has 0 fully saturated rings. The summed E-state index contributed by atoms with van der Waals surface area (Å²) >= 11 is 0. The number of anilines is 2. The lowest BCUT2D eigenvalue weighted by Gasteiger charge is -2.20. The first-order valence-electron chi connectivity index (χ1n) is 7.84. The first-order valence-corrected chi connectivity index (χ1v) is 7.84. The minimum Gasteiger partial charge on any atom is -0.347 e. The molecule has 0 saturated carbocycles. The van der Waals surface area contributed by atoms with Crippen molar-refractivity contribution in [2.75, 3.05) is 5.32 Å². The maximum Gasteiger partial charge on any atom is 0.255 e. The molecule has 0 bridgehead atoms. The fraction of sp³-hybridized carbons (Fsp3) is 0.278. The van der Waals surface area contributed by atoms with Crippen LogP contribution in [0.25, 0.3) is 11.2 Å². The predicted octanol–water partition coefficient (Wildman–Crippen LogP) is 3.54. The molecule has 1 aromatic carbocycles. The van der Waals surface area contributed by atoms with E-state index in [4.69, 9.17) is 0 Å². The van der Waals surface area contributed by atoms with E-state index in [1.54, 1.807) is 6.20 Å². The first kappa shape index (κ1) is 16.0. The van der Waals surface area contributed by atoms with Gasteiger partial charge in [0.25, 0.3) is 5.91 Å². The first-order chi connectivity index (χ1) is 11.3. The standard InChI is InChI=1S/C18H21N5O/c1-11-15(21-12-8-6-5-7-9-12)22-14-13(10-19-16(14)20-11)17(24)23-18(2,3)4/h5-10H,1-4H3,(H,19,20)(H,21,22)(H,23,24). The van der Waals surface area contributed by atoms with E-state index in [0.29, 0.717) is 22.5 Å². The van der Waals surface area contributed by atoms with Gasteiger partial charge in [-0.1, -0.05) is 18.2 Å². The lowest BCUT2D eigenvalue weighted by molar-refractivity contribution is 0.0921. The van der Waals surface area contributed by atoms with E-state index in [1.165, 1.54) is 0 Å². The Labute approximate surface area is 140 Å². The van der Waals surface area contributed by atoms with Crippen LogP contribution in [0.5, 0.6) is 0 Å². The van der Waals surface area contributed by atoms with Crippen molar-refractivity contribution in [3.05, 3.63) is 47.8 Å². The van der Waals surface area contributed by atoms with Gasteiger partial charge in [0, 0.05) is 17.4 Å². The Morgan fingerprint density at radius 2 is 1.83 bits per heavy atom. The van der Waals surface area contributed by atoms with E-state index in [9.17, 15) is 4.79 Å². The van der Waals surface area contributed by atoms with E-state index in [2.05, 4.69) is 25.6 Å². The second kappa shape index (κ2) is 5.96. The number of hydrogen-bond acceptors (Lipinski definition) is 4. The van der Waals surface area contributed by atoms with Crippen LogP contribution in [0, 0.1) is 6.92 Å². The molecule has 0 spiro atoms. The van der Waals surface area contributed by atoms with Gasteiger partial charge in [0.1, 0.15) is 5.52 Å². The Hall–Kier alpha value is -2.89. The third-order valence-corrected chi connectivity index (χ3v) is 3.45. The van der Waals surface area contributed by atoms with Gasteiger partial charge in [-0.15, -0.1) is 0 Å². The van der Waals surface area contributed by atoms with Crippen LogP contribution in [0.2, 0.25) is 0 Å². The van der Waals surface area contributed by atoms with Crippen LogP contribution in [-0.4, -0.2) is 26.4 Å². The Balaban J connectivity index is 1.99. The zero-order valence-electron chi connectivity index (χ0n) is 14.3. The van der Waals surface area contributed by atoms with Crippen molar-refractivity contribution in [3.8, 4) is 0 Å². The molecule has 0 aliphatic heterocycles. The molecule has 24 heavy (non-hydrogen) atoms. The van der Waals surface area contributed by atoms with Crippen molar-refractivity contribution in [2.24, 2.45) is 0 Å². The van der Waals surface area contributed by atoms with Crippen LogP contribution < -0.4 is 10.6 Å². The van der Waals surface area contributed by atoms with E-state index in [-0.39, 0.29) is 11.4 Å². The predicted molar refractivity (Wildman–Crippen MR) is 95.6 cm³/mol. The monoisotopic (exact) mass is 323 g/mol. The Morgan fingerprint density at radius 3 is 2.50 bits per heavy atom. The molecule has 6 heteroatoms. The highest BCUT2D eigenvalue weighted by atomic mass is 16.1. The summed E-state index contributed by atoms with van der Waals surface area (Å²) in [6.07, 6.45) is 1.65. The van der Waals surface area contributed by atoms with Crippen molar-refractivity contribution in [1.29, 1.82) is 0 Å². The minimum absolute atomic E-state index is 0.169. The number of aromatic nitrogens is 3. The summed E-state index contributed by atoms with van der Waals surface area (Å²) in [7, 11) is 0. The summed E-state index contributed by atoms with van der Waals surface area (Å²) in [5, 5.41) is 6.20. The summed E-state index contributed by atoms with van der Waals surface area (Å²) in [4.78, 5) is 24.6. The topological polar surface area (TPSA) is 82.7 Å². The average molecular weight is 323 g/mol. The van der Waals surface area contributed by atoms with E-state index in [1.807, 2.05) is 58.0 Å². The molecule has 3 rings (SSSR count). The number of nitrogens with zero attached hydrogens (tertiary/aromatic N) is 2. The fourth-order valence-corrected chi connectivity index (χ4v) is 2.37. The van der Waals surface area contributed by atoms with Crippen molar-refractivity contribution in [1.82, 2.24) is 20.3 Å². The number of nitrogens with one attached hydrogen (secondary N) is 3. The number of fused-ring (bicyclic) bond motifs is 1. The van der Waals surface area contributed by atoms with Gasteiger partial charge in [0.05, 0.1) is 11.3 Å². The molecule has 3 N–H and O–H groups in total. The quantitative estimate of drug-likeness (QED) is 0.688.